The zero-order valence-electron chi connectivity index (χ0n) is 11.2. The molecule has 0 aliphatic carbocycles. The summed E-state index contributed by atoms with van der Waals surface area (Å²) in [6, 6.07) is 3.33. The number of Topliss-reactive ketones (excluding diaryl/α,β-unsaturated/α-hetero) is 1. The Morgan fingerprint density at radius 1 is 1.52 bits per heavy atom. The smallest absolute Gasteiger partial charge is 0.260 e. The molecule has 112 valence electrons. The van der Waals surface area contributed by atoms with Crippen LogP contribution in [0.3, 0.4) is 0 Å². The van der Waals surface area contributed by atoms with Gasteiger partial charge in [0.2, 0.25) is 0 Å². The average Bonchev–Trinajstić information content (AvgIpc) is 3.20. The van der Waals surface area contributed by atoms with Crippen molar-refractivity contribution in [2.24, 2.45) is 0 Å². The monoisotopic (exact) mass is 325 g/mol. The predicted octanol–water partition coefficient (Wildman–Crippen LogP) is 1.90. The van der Waals surface area contributed by atoms with Gasteiger partial charge in [0.25, 0.3) is 10.0 Å². The van der Waals surface area contributed by atoms with Crippen molar-refractivity contribution in [1.29, 1.82) is 0 Å². The molecule has 0 aromatic carbocycles. The lowest BCUT2D eigenvalue weighted by molar-refractivity contribution is 0.0965. The number of carbonyl (C=O) groups is 1. The van der Waals surface area contributed by atoms with Crippen LogP contribution in [0, 0.1) is 0 Å². The van der Waals surface area contributed by atoms with Gasteiger partial charge in [-0.25, -0.2) is 13.4 Å². The van der Waals surface area contributed by atoms with Gasteiger partial charge in [0, 0.05) is 19.0 Å². The number of ketones is 1. The zero-order valence-corrected chi connectivity index (χ0v) is 12.9. The Bertz CT molecular complexity index is 708. The van der Waals surface area contributed by atoms with Gasteiger partial charge in [0.05, 0.1) is 17.4 Å². The van der Waals surface area contributed by atoms with E-state index in [4.69, 9.17) is 0 Å². The van der Waals surface area contributed by atoms with Gasteiger partial charge in [-0.3, -0.25) is 4.79 Å². The number of nitrogens with one attached hydrogen (secondary N) is 1. The van der Waals surface area contributed by atoms with Crippen molar-refractivity contribution in [2.45, 2.75) is 30.3 Å². The molecule has 0 unspecified atom stereocenters. The Morgan fingerprint density at radius 2 is 2.38 bits per heavy atom. The van der Waals surface area contributed by atoms with Gasteiger partial charge in [-0.2, -0.15) is 4.31 Å². The van der Waals surface area contributed by atoms with Crippen molar-refractivity contribution in [3.63, 3.8) is 0 Å². The van der Waals surface area contributed by atoms with E-state index in [0.717, 1.165) is 6.42 Å². The second-order valence-electron chi connectivity index (χ2n) is 4.93. The predicted molar refractivity (Wildman–Crippen MR) is 78.8 cm³/mol. The highest BCUT2D eigenvalue weighted by molar-refractivity contribution is 7.89. The van der Waals surface area contributed by atoms with Crippen molar-refractivity contribution >= 4 is 27.1 Å². The van der Waals surface area contributed by atoms with Crippen LogP contribution in [0.1, 0.15) is 28.9 Å². The summed E-state index contributed by atoms with van der Waals surface area (Å²) < 4.78 is 26.5. The number of hydrogen-bond donors (Lipinski definition) is 1. The van der Waals surface area contributed by atoms with E-state index in [9.17, 15) is 13.2 Å². The maximum absolute atomic E-state index is 12.5. The first kappa shape index (κ1) is 14.4. The molecule has 0 bridgehead atoms. The van der Waals surface area contributed by atoms with Crippen molar-refractivity contribution in [3.05, 3.63) is 34.9 Å². The summed E-state index contributed by atoms with van der Waals surface area (Å²) in [7, 11) is -3.59. The molecule has 1 N–H and O–H groups in total. The highest BCUT2D eigenvalue weighted by atomic mass is 32.2. The van der Waals surface area contributed by atoms with Crippen LogP contribution in [0.5, 0.6) is 0 Å². The summed E-state index contributed by atoms with van der Waals surface area (Å²) in [5, 5.41) is 1.93. The highest BCUT2D eigenvalue weighted by Crippen LogP contribution is 2.28. The molecule has 1 fully saturated rings. The van der Waals surface area contributed by atoms with Crippen LogP contribution in [0.15, 0.2) is 35.1 Å². The fourth-order valence-electron chi connectivity index (χ4n) is 2.59. The Labute approximate surface area is 126 Å². The van der Waals surface area contributed by atoms with E-state index in [0.29, 0.717) is 17.8 Å². The molecular weight excluding hydrogens is 310 g/mol. The van der Waals surface area contributed by atoms with Gasteiger partial charge in [0.15, 0.2) is 10.8 Å². The van der Waals surface area contributed by atoms with E-state index in [1.807, 2.05) is 11.4 Å². The molecule has 0 radical (unpaired) electrons. The fraction of sp³-hybridized carbons (Fsp3) is 0.385. The number of aromatic nitrogens is 2. The van der Waals surface area contributed by atoms with Crippen LogP contribution >= 0.6 is 11.3 Å². The molecule has 2 aromatic rings. The lowest BCUT2D eigenvalue weighted by Crippen LogP contribution is -2.37. The number of H-pyrrole nitrogens is 1. The summed E-state index contributed by atoms with van der Waals surface area (Å²) in [5.41, 5.74) is 0. The van der Waals surface area contributed by atoms with Gasteiger partial charge in [0.1, 0.15) is 0 Å². The maximum Gasteiger partial charge on any atom is 0.260 e. The molecule has 0 spiro atoms. The third-order valence-corrected chi connectivity index (χ3v) is 6.39. The Kier molecular flexibility index (Phi) is 3.92. The summed E-state index contributed by atoms with van der Waals surface area (Å²) in [5.74, 6) is 0.00158. The number of imidazole rings is 1. The molecule has 1 atom stereocenters. The van der Waals surface area contributed by atoms with Crippen LogP contribution < -0.4 is 0 Å². The number of carbonyl (C=O) groups excluding carboxylic acids is 1. The molecular formula is C13H15N3O3S2. The summed E-state index contributed by atoms with van der Waals surface area (Å²) in [6.45, 7) is 0.448. The average molecular weight is 325 g/mol. The molecule has 2 aromatic heterocycles. The topological polar surface area (TPSA) is 83.1 Å². The van der Waals surface area contributed by atoms with Gasteiger partial charge in [-0.1, -0.05) is 6.07 Å². The first-order valence-corrected chi connectivity index (χ1v) is 8.98. The van der Waals surface area contributed by atoms with Crippen LogP contribution in [0.2, 0.25) is 0 Å². The number of sulfonamides is 1. The van der Waals surface area contributed by atoms with Crippen molar-refractivity contribution in [1.82, 2.24) is 14.3 Å². The second-order valence-corrected chi connectivity index (χ2v) is 7.74. The van der Waals surface area contributed by atoms with Crippen LogP contribution in [-0.4, -0.2) is 41.1 Å². The van der Waals surface area contributed by atoms with Gasteiger partial charge in [-0.05, 0) is 24.3 Å². The van der Waals surface area contributed by atoms with Crippen LogP contribution in [0.4, 0.5) is 0 Å². The molecule has 0 amide bonds. The zero-order chi connectivity index (χ0) is 14.9. The minimum atomic E-state index is -3.59. The van der Waals surface area contributed by atoms with Gasteiger partial charge < -0.3 is 4.98 Å². The normalized spacial score (nSPS) is 19.9. The number of aromatic amines is 1. The summed E-state index contributed by atoms with van der Waals surface area (Å²) in [4.78, 5) is 19.3. The Hall–Kier alpha value is -1.51. The minimum Gasteiger partial charge on any atom is -0.335 e. The third-order valence-electron chi connectivity index (χ3n) is 3.60. The first-order valence-electron chi connectivity index (χ1n) is 6.66. The molecule has 3 heterocycles. The SMILES string of the molecule is O=C(C[C@@H]1CCCN1S(=O)(=O)c1cnc[nH]1)c1cccs1. The number of hydrogen-bond acceptors (Lipinski definition) is 5. The number of rotatable bonds is 5. The molecule has 1 aliphatic heterocycles. The van der Waals surface area contributed by atoms with E-state index in [1.165, 1.54) is 28.2 Å². The van der Waals surface area contributed by atoms with E-state index in [1.54, 1.807) is 6.07 Å². The van der Waals surface area contributed by atoms with E-state index in [2.05, 4.69) is 9.97 Å². The van der Waals surface area contributed by atoms with E-state index in [-0.39, 0.29) is 23.3 Å². The van der Waals surface area contributed by atoms with E-state index < -0.39 is 10.0 Å². The molecule has 1 saturated heterocycles. The Balaban J connectivity index is 1.79. The van der Waals surface area contributed by atoms with E-state index >= 15 is 0 Å². The fourth-order valence-corrected chi connectivity index (χ4v) is 4.86. The first-order chi connectivity index (χ1) is 10.1. The van der Waals surface area contributed by atoms with Gasteiger partial charge >= 0.3 is 0 Å². The molecule has 21 heavy (non-hydrogen) atoms. The number of nitrogens with zero attached hydrogens (tertiary/aromatic N) is 2. The standard InChI is InChI=1S/C13H15N3O3S2/c17-11(12-4-2-6-20-12)7-10-3-1-5-16(10)21(18,19)13-8-14-9-15-13/h2,4,6,8-10H,1,3,5,7H2,(H,14,15)/t10-/m0/s1. The minimum absolute atomic E-state index is 0.00158. The van der Waals surface area contributed by atoms with Crippen molar-refractivity contribution < 1.29 is 13.2 Å². The quantitative estimate of drug-likeness (QED) is 0.851. The maximum atomic E-state index is 12.5. The molecule has 0 saturated carbocycles. The molecule has 6 nitrogen and oxygen atoms in total. The lowest BCUT2D eigenvalue weighted by atomic mass is 10.1. The molecule has 8 heteroatoms. The van der Waals surface area contributed by atoms with Crippen LogP contribution in [0.25, 0.3) is 0 Å². The molecule has 1 aliphatic rings. The van der Waals surface area contributed by atoms with Crippen LogP contribution in [-0.2, 0) is 10.0 Å². The largest absolute Gasteiger partial charge is 0.335 e. The molecule has 3 rings (SSSR count). The third kappa shape index (κ3) is 2.78. The Morgan fingerprint density at radius 3 is 3.05 bits per heavy atom. The summed E-state index contributed by atoms with van der Waals surface area (Å²) in [6.07, 6.45) is 4.36. The highest BCUT2D eigenvalue weighted by Gasteiger charge is 2.37. The van der Waals surface area contributed by atoms with Crippen molar-refractivity contribution in [3.8, 4) is 0 Å². The number of thiophene rings is 1. The second kappa shape index (κ2) is 5.70. The summed E-state index contributed by atoms with van der Waals surface area (Å²) >= 11 is 1.39. The van der Waals surface area contributed by atoms with Crippen molar-refractivity contribution in [2.75, 3.05) is 6.54 Å². The lowest BCUT2D eigenvalue weighted by Gasteiger charge is -2.22. The van der Waals surface area contributed by atoms with Gasteiger partial charge in [-0.15, -0.1) is 11.3 Å².